The van der Waals surface area contributed by atoms with Crippen molar-refractivity contribution in [3.8, 4) is 0 Å². The van der Waals surface area contributed by atoms with E-state index in [4.69, 9.17) is 11.6 Å². The summed E-state index contributed by atoms with van der Waals surface area (Å²) >= 11 is 6.04. The number of benzene rings is 2. The topological polar surface area (TPSA) is 60.4 Å². The third-order valence-corrected chi connectivity index (χ3v) is 6.06. The summed E-state index contributed by atoms with van der Waals surface area (Å²) in [5.41, 5.74) is 1.79. The molecule has 140 valence electrons. The largest absolute Gasteiger partial charge is 0.549 e. The zero-order valence-corrected chi connectivity index (χ0v) is 15.7. The lowest BCUT2D eigenvalue weighted by atomic mass is 9.77. The van der Waals surface area contributed by atoms with E-state index in [1.54, 1.807) is 36.4 Å². The van der Waals surface area contributed by atoms with E-state index in [0.717, 1.165) is 37.7 Å². The summed E-state index contributed by atoms with van der Waals surface area (Å²) in [5.74, 6) is -2.15. The number of rotatable bonds is 3. The number of carbonyl (C=O) groups excluding carboxylic acids is 2. The van der Waals surface area contributed by atoms with Crippen molar-refractivity contribution in [2.24, 2.45) is 0 Å². The van der Waals surface area contributed by atoms with Gasteiger partial charge in [-0.3, -0.25) is 4.79 Å². The van der Waals surface area contributed by atoms with Gasteiger partial charge in [0, 0.05) is 22.5 Å². The average molecular weight is 383 g/mol. The molecule has 5 heteroatoms. The van der Waals surface area contributed by atoms with Crippen LogP contribution < -0.4 is 5.11 Å². The Hall–Kier alpha value is -2.33. The number of halogens is 1. The van der Waals surface area contributed by atoms with Gasteiger partial charge in [0.05, 0.1) is 12.0 Å². The first-order valence-electron chi connectivity index (χ1n) is 9.46. The SMILES string of the molecule is O=C([O-])[C@H]1c2ccccc2C(=O)N(C2CCCCC2)[C@@H]1c1ccc(Cl)cc1. The van der Waals surface area contributed by atoms with Crippen molar-refractivity contribution in [3.05, 3.63) is 70.2 Å². The van der Waals surface area contributed by atoms with Crippen LogP contribution >= 0.6 is 11.6 Å². The van der Waals surface area contributed by atoms with Crippen LogP contribution in [-0.2, 0) is 4.79 Å². The maximum Gasteiger partial charge on any atom is 0.254 e. The molecule has 0 unspecified atom stereocenters. The minimum atomic E-state index is -1.16. The van der Waals surface area contributed by atoms with Gasteiger partial charge in [0.1, 0.15) is 0 Å². The molecule has 0 spiro atoms. The average Bonchev–Trinajstić information content (AvgIpc) is 2.69. The summed E-state index contributed by atoms with van der Waals surface area (Å²) in [6.45, 7) is 0. The number of nitrogens with zero attached hydrogens (tertiary/aromatic N) is 1. The highest BCUT2D eigenvalue weighted by atomic mass is 35.5. The molecular weight excluding hydrogens is 362 g/mol. The molecule has 0 bridgehead atoms. The van der Waals surface area contributed by atoms with E-state index in [0.29, 0.717) is 16.1 Å². The van der Waals surface area contributed by atoms with E-state index in [1.807, 2.05) is 17.0 Å². The summed E-state index contributed by atoms with van der Waals surface area (Å²) in [5, 5.41) is 12.8. The molecule has 0 radical (unpaired) electrons. The van der Waals surface area contributed by atoms with Crippen LogP contribution in [0.3, 0.4) is 0 Å². The van der Waals surface area contributed by atoms with Crippen molar-refractivity contribution in [2.45, 2.75) is 50.1 Å². The van der Waals surface area contributed by atoms with E-state index in [9.17, 15) is 14.7 Å². The van der Waals surface area contributed by atoms with E-state index >= 15 is 0 Å². The molecule has 2 aliphatic rings. The maximum absolute atomic E-state index is 13.4. The lowest BCUT2D eigenvalue weighted by molar-refractivity contribution is -0.309. The van der Waals surface area contributed by atoms with E-state index in [2.05, 4.69) is 0 Å². The highest BCUT2D eigenvalue weighted by Gasteiger charge is 2.44. The normalized spacial score (nSPS) is 23.1. The number of hydrogen-bond donors (Lipinski definition) is 0. The first-order valence-corrected chi connectivity index (χ1v) is 9.83. The fourth-order valence-corrected chi connectivity index (χ4v) is 4.71. The van der Waals surface area contributed by atoms with Crippen molar-refractivity contribution in [1.29, 1.82) is 0 Å². The monoisotopic (exact) mass is 382 g/mol. The molecular formula is C22H21ClNO3-. The van der Waals surface area contributed by atoms with Gasteiger partial charge in [-0.25, -0.2) is 0 Å². The molecule has 0 aromatic heterocycles. The number of amides is 1. The maximum atomic E-state index is 13.4. The number of carboxylic acids is 1. The minimum Gasteiger partial charge on any atom is -0.549 e. The van der Waals surface area contributed by atoms with Gasteiger partial charge in [-0.05, 0) is 42.2 Å². The van der Waals surface area contributed by atoms with Crippen LogP contribution in [0.2, 0.25) is 5.02 Å². The molecule has 1 heterocycles. The Balaban J connectivity index is 1.89. The Morgan fingerprint density at radius 1 is 1.00 bits per heavy atom. The van der Waals surface area contributed by atoms with Gasteiger partial charge in [0.25, 0.3) is 5.91 Å². The molecule has 4 nitrogen and oxygen atoms in total. The first-order chi connectivity index (χ1) is 13.1. The van der Waals surface area contributed by atoms with Crippen LogP contribution in [0, 0.1) is 0 Å². The summed E-state index contributed by atoms with van der Waals surface area (Å²) in [7, 11) is 0. The van der Waals surface area contributed by atoms with Crippen molar-refractivity contribution in [1.82, 2.24) is 4.90 Å². The zero-order chi connectivity index (χ0) is 19.0. The number of aliphatic carboxylic acids is 1. The Morgan fingerprint density at radius 3 is 2.33 bits per heavy atom. The number of carbonyl (C=O) groups is 2. The molecule has 0 saturated heterocycles. The first kappa shape index (κ1) is 18.1. The second-order valence-electron chi connectivity index (χ2n) is 7.38. The fraction of sp³-hybridized carbons (Fsp3) is 0.364. The highest BCUT2D eigenvalue weighted by Crippen LogP contribution is 2.45. The molecule has 1 aliphatic heterocycles. The van der Waals surface area contributed by atoms with Gasteiger partial charge in [-0.2, -0.15) is 0 Å². The smallest absolute Gasteiger partial charge is 0.254 e. The number of hydrogen-bond acceptors (Lipinski definition) is 3. The summed E-state index contributed by atoms with van der Waals surface area (Å²) in [6, 6.07) is 13.6. The molecule has 27 heavy (non-hydrogen) atoms. The summed E-state index contributed by atoms with van der Waals surface area (Å²) in [4.78, 5) is 27.5. The van der Waals surface area contributed by atoms with Gasteiger partial charge in [0.15, 0.2) is 0 Å². The quantitative estimate of drug-likeness (QED) is 0.813. The Bertz CT molecular complexity index is 858. The molecule has 2 aromatic rings. The van der Waals surface area contributed by atoms with Crippen LogP contribution in [0.4, 0.5) is 0 Å². The zero-order valence-electron chi connectivity index (χ0n) is 14.9. The predicted molar refractivity (Wildman–Crippen MR) is 101 cm³/mol. The summed E-state index contributed by atoms with van der Waals surface area (Å²) in [6.07, 6.45) is 5.07. The minimum absolute atomic E-state index is 0.0436. The molecule has 0 N–H and O–H groups in total. The standard InChI is InChI=1S/C22H22ClNO3/c23-15-12-10-14(11-13-15)20-19(22(26)27)17-8-4-5-9-18(17)21(25)24(20)16-6-2-1-3-7-16/h4-5,8-13,16,19-20H,1-3,6-7H2,(H,26,27)/p-1/t19-,20+/m0/s1. The van der Waals surface area contributed by atoms with Gasteiger partial charge < -0.3 is 14.8 Å². The van der Waals surface area contributed by atoms with Crippen LogP contribution in [0.25, 0.3) is 0 Å². The van der Waals surface area contributed by atoms with Gasteiger partial charge in [-0.1, -0.05) is 61.2 Å². The van der Waals surface area contributed by atoms with Crippen LogP contribution in [0.15, 0.2) is 48.5 Å². The Morgan fingerprint density at radius 2 is 1.67 bits per heavy atom. The Kier molecular flexibility index (Phi) is 4.92. The highest BCUT2D eigenvalue weighted by molar-refractivity contribution is 6.30. The molecule has 4 rings (SSSR count). The van der Waals surface area contributed by atoms with Crippen molar-refractivity contribution in [2.75, 3.05) is 0 Å². The molecule has 2 aromatic carbocycles. The molecule has 2 atom stereocenters. The Labute approximate surface area is 163 Å². The van der Waals surface area contributed by atoms with Crippen molar-refractivity contribution in [3.63, 3.8) is 0 Å². The summed E-state index contributed by atoms with van der Waals surface area (Å²) < 4.78 is 0. The van der Waals surface area contributed by atoms with E-state index in [-0.39, 0.29) is 11.9 Å². The van der Waals surface area contributed by atoms with Crippen LogP contribution in [0.5, 0.6) is 0 Å². The molecule has 1 amide bonds. The van der Waals surface area contributed by atoms with Crippen LogP contribution in [0.1, 0.15) is 65.5 Å². The van der Waals surface area contributed by atoms with Crippen molar-refractivity contribution >= 4 is 23.5 Å². The predicted octanol–water partition coefficient (Wildman–Crippen LogP) is 3.70. The van der Waals surface area contributed by atoms with Gasteiger partial charge in [-0.15, -0.1) is 0 Å². The number of fused-ring (bicyclic) bond motifs is 1. The second kappa shape index (κ2) is 7.35. The van der Waals surface area contributed by atoms with E-state index in [1.165, 1.54) is 0 Å². The third kappa shape index (κ3) is 3.23. The van der Waals surface area contributed by atoms with E-state index < -0.39 is 17.9 Å². The molecule has 1 saturated carbocycles. The number of carboxylic acid groups (broad SMARTS) is 1. The molecule has 1 fully saturated rings. The van der Waals surface area contributed by atoms with Gasteiger partial charge >= 0.3 is 0 Å². The fourth-order valence-electron chi connectivity index (χ4n) is 4.58. The lowest BCUT2D eigenvalue weighted by Crippen LogP contribution is -2.52. The van der Waals surface area contributed by atoms with Crippen molar-refractivity contribution < 1.29 is 14.7 Å². The van der Waals surface area contributed by atoms with Crippen LogP contribution in [-0.4, -0.2) is 22.8 Å². The second-order valence-corrected chi connectivity index (χ2v) is 7.82. The molecule has 1 aliphatic carbocycles. The van der Waals surface area contributed by atoms with Gasteiger partial charge in [0.2, 0.25) is 0 Å². The third-order valence-electron chi connectivity index (χ3n) is 5.81. The lowest BCUT2D eigenvalue weighted by Gasteiger charge is -2.47.